The molecular formula is C12H17NO4. The zero-order valence-electron chi connectivity index (χ0n) is 10.5. The minimum absolute atomic E-state index is 0.235. The number of carbonyl (C=O) groups is 2. The fourth-order valence-corrected chi connectivity index (χ4v) is 2.21. The van der Waals surface area contributed by atoms with Crippen LogP contribution in [0.3, 0.4) is 0 Å². The van der Waals surface area contributed by atoms with Crippen LogP contribution in [0.25, 0.3) is 0 Å². The lowest BCUT2D eigenvalue weighted by Crippen LogP contribution is -2.32. The summed E-state index contributed by atoms with van der Waals surface area (Å²) in [5, 5.41) is 12.1. The van der Waals surface area contributed by atoms with Gasteiger partial charge in [-0.05, 0) is 20.3 Å². The minimum atomic E-state index is -1.00. The standard InChI is InChI=1S/C12H17NO4/c1-5-8-9(11(14)15)6(2)13-7(3)10(8)12(16)17-4/h8,13H,5H2,1-4H3,(H,14,15). The summed E-state index contributed by atoms with van der Waals surface area (Å²) in [6, 6.07) is 0. The lowest BCUT2D eigenvalue weighted by atomic mass is 9.84. The zero-order valence-corrected chi connectivity index (χ0v) is 10.5. The normalized spacial score (nSPS) is 20.1. The highest BCUT2D eigenvalue weighted by molar-refractivity contribution is 5.96. The number of methoxy groups -OCH3 is 1. The van der Waals surface area contributed by atoms with Crippen molar-refractivity contribution >= 4 is 11.9 Å². The van der Waals surface area contributed by atoms with Crippen LogP contribution in [-0.4, -0.2) is 24.2 Å². The summed E-state index contributed by atoms with van der Waals surface area (Å²) < 4.78 is 4.70. The third-order valence-electron chi connectivity index (χ3n) is 2.92. The van der Waals surface area contributed by atoms with E-state index < -0.39 is 17.9 Å². The van der Waals surface area contributed by atoms with E-state index in [4.69, 9.17) is 4.74 Å². The SMILES string of the molecule is CCC1C(C(=O)O)=C(C)NC(C)=C1C(=O)OC. The van der Waals surface area contributed by atoms with Gasteiger partial charge < -0.3 is 15.2 Å². The Morgan fingerprint density at radius 1 is 1.29 bits per heavy atom. The summed E-state index contributed by atoms with van der Waals surface area (Å²) in [5.74, 6) is -1.90. The summed E-state index contributed by atoms with van der Waals surface area (Å²) in [6.45, 7) is 5.29. The van der Waals surface area contributed by atoms with Crippen LogP contribution in [0.1, 0.15) is 27.2 Å². The van der Waals surface area contributed by atoms with E-state index in [1.54, 1.807) is 13.8 Å². The van der Waals surface area contributed by atoms with E-state index in [0.717, 1.165) is 0 Å². The quantitative estimate of drug-likeness (QED) is 0.728. The van der Waals surface area contributed by atoms with Gasteiger partial charge in [-0.25, -0.2) is 9.59 Å². The Hall–Kier alpha value is -1.78. The number of nitrogens with one attached hydrogen (secondary N) is 1. The average molecular weight is 239 g/mol. The molecule has 17 heavy (non-hydrogen) atoms. The number of dihydropyridines is 1. The predicted octanol–water partition coefficient (Wildman–Crippen LogP) is 1.42. The zero-order chi connectivity index (χ0) is 13.2. The van der Waals surface area contributed by atoms with Crippen LogP contribution in [0.5, 0.6) is 0 Å². The first-order valence-electron chi connectivity index (χ1n) is 5.44. The first kappa shape index (κ1) is 13.3. The first-order valence-corrected chi connectivity index (χ1v) is 5.44. The molecule has 0 aromatic rings. The van der Waals surface area contributed by atoms with E-state index in [1.807, 2.05) is 6.92 Å². The molecule has 0 saturated heterocycles. The van der Waals surface area contributed by atoms with Gasteiger partial charge in [-0.2, -0.15) is 0 Å². The van der Waals surface area contributed by atoms with Gasteiger partial charge in [-0.15, -0.1) is 0 Å². The van der Waals surface area contributed by atoms with Gasteiger partial charge in [-0.1, -0.05) is 6.92 Å². The van der Waals surface area contributed by atoms with Crippen LogP contribution in [-0.2, 0) is 14.3 Å². The molecule has 0 amide bonds. The van der Waals surface area contributed by atoms with Crippen LogP contribution in [0.2, 0.25) is 0 Å². The molecule has 5 nitrogen and oxygen atoms in total. The van der Waals surface area contributed by atoms with Gasteiger partial charge in [0.05, 0.1) is 18.3 Å². The molecule has 0 spiro atoms. The maximum absolute atomic E-state index is 11.7. The molecule has 0 bridgehead atoms. The van der Waals surface area contributed by atoms with Crippen molar-refractivity contribution in [1.82, 2.24) is 5.32 Å². The molecule has 1 unspecified atom stereocenters. The van der Waals surface area contributed by atoms with Gasteiger partial charge >= 0.3 is 11.9 Å². The van der Waals surface area contributed by atoms with Gasteiger partial charge in [0.1, 0.15) is 0 Å². The average Bonchev–Trinajstić information content (AvgIpc) is 2.26. The monoisotopic (exact) mass is 239 g/mol. The summed E-state index contributed by atoms with van der Waals surface area (Å²) in [4.78, 5) is 22.9. The number of carboxylic acid groups (broad SMARTS) is 1. The van der Waals surface area contributed by atoms with Gasteiger partial charge in [0.2, 0.25) is 0 Å². The van der Waals surface area contributed by atoms with Gasteiger partial charge in [0.15, 0.2) is 0 Å². The fraction of sp³-hybridized carbons (Fsp3) is 0.500. The predicted molar refractivity (Wildman–Crippen MR) is 62.0 cm³/mol. The molecule has 0 aliphatic carbocycles. The molecule has 0 fully saturated rings. The summed E-state index contributed by atoms with van der Waals surface area (Å²) in [6.07, 6.45) is 0.544. The summed E-state index contributed by atoms with van der Waals surface area (Å²) >= 11 is 0. The largest absolute Gasteiger partial charge is 0.478 e. The topological polar surface area (TPSA) is 75.6 Å². The molecular weight excluding hydrogens is 222 g/mol. The Morgan fingerprint density at radius 3 is 2.24 bits per heavy atom. The molecule has 0 aromatic carbocycles. The van der Waals surface area contributed by atoms with Crippen LogP contribution in [0.15, 0.2) is 22.5 Å². The second-order valence-corrected chi connectivity index (χ2v) is 3.96. The molecule has 0 radical (unpaired) electrons. The highest BCUT2D eigenvalue weighted by Gasteiger charge is 2.34. The molecule has 0 saturated carbocycles. The number of carboxylic acids is 1. The molecule has 5 heteroatoms. The molecule has 0 aromatic heterocycles. The lowest BCUT2D eigenvalue weighted by molar-refractivity contribution is -0.137. The lowest BCUT2D eigenvalue weighted by Gasteiger charge is -2.28. The number of hydrogen-bond donors (Lipinski definition) is 2. The fourth-order valence-electron chi connectivity index (χ4n) is 2.21. The van der Waals surface area contributed by atoms with Crippen molar-refractivity contribution < 1.29 is 19.4 Å². The molecule has 1 rings (SSSR count). The van der Waals surface area contributed by atoms with E-state index in [9.17, 15) is 14.7 Å². The molecule has 1 aliphatic rings. The maximum Gasteiger partial charge on any atom is 0.336 e. The van der Waals surface area contributed by atoms with Gasteiger partial charge in [-0.3, -0.25) is 0 Å². The van der Waals surface area contributed by atoms with Crippen molar-refractivity contribution in [3.05, 3.63) is 22.5 Å². The Labute approximate surface area is 100 Å². The van der Waals surface area contributed by atoms with E-state index in [-0.39, 0.29) is 5.57 Å². The second-order valence-electron chi connectivity index (χ2n) is 3.96. The Bertz CT molecular complexity index is 420. The molecule has 1 heterocycles. The van der Waals surface area contributed by atoms with Crippen molar-refractivity contribution in [3.63, 3.8) is 0 Å². The number of carbonyl (C=O) groups excluding carboxylic acids is 1. The third-order valence-corrected chi connectivity index (χ3v) is 2.92. The van der Waals surface area contributed by atoms with Crippen LogP contribution in [0, 0.1) is 5.92 Å². The summed E-state index contributed by atoms with van der Waals surface area (Å²) in [5.41, 5.74) is 1.87. The van der Waals surface area contributed by atoms with Crippen molar-refractivity contribution in [3.8, 4) is 0 Å². The Kier molecular flexibility index (Phi) is 3.93. The van der Waals surface area contributed by atoms with Crippen LogP contribution >= 0.6 is 0 Å². The number of hydrogen-bond acceptors (Lipinski definition) is 4. The molecule has 94 valence electrons. The smallest absolute Gasteiger partial charge is 0.336 e. The van der Waals surface area contributed by atoms with Crippen molar-refractivity contribution in [2.24, 2.45) is 5.92 Å². The Morgan fingerprint density at radius 2 is 1.82 bits per heavy atom. The number of esters is 1. The van der Waals surface area contributed by atoms with E-state index in [2.05, 4.69) is 5.32 Å². The highest BCUT2D eigenvalue weighted by Crippen LogP contribution is 2.32. The van der Waals surface area contributed by atoms with Gasteiger partial charge in [0, 0.05) is 17.3 Å². The van der Waals surface area contributed by atoms with E-state index >= 15 is 0 Å². The number of aliphatic carboxylic acids is 1. The third kappa shape index (κ3) is 2.33. The van der Waals surface area contributed by atoms with Crippen LogP contribution in [0.4, 0.5) is 0 Å². The maximum atomic E-state index is 11.7. The van der Waals surface area contributed by atoms with E-state index in [0.29, 0.717) is 23.4 Å². The van der Waals surface area contributed by atoms with Crippen molar-refractivity contribution in [2.45, 2.75) is 27.2 Å². The molecule has 1 atom stereocenters. The van der Waals surface area contributed by atoms with Crippen molar-refractivity contribution in [2.75, 3.05) is 7.11 Å². The second kappa shape index (κ2) is 5.03. The number of rotatable bonds is 3. The molecule has 2 N–H and O–H groups in total. The number of allylic oxidation sites excluding steroid dienone is 2. The van der Waals surface area contributed by atoms with Gasteiger partial charge in [0.25, 0.3) is 0 Å². The Balaban J connectivity index is 3.27. The summed E-state index contributed by atoms with van der Waals surface area (Å²) in [7, 11) is 1.29. The molecule has 1 aliphatic heterocycles. The van der Waals surface area contributed by atoms with E-state index in [1.165, 1.54) is 7.11 Å². The minimum Gasteiger partial charge on any atom is -0.478 e. The van der Waals surface area contributed by atoms with Crippen molar-refractivity contribution in [1.29, 1.82) is 0 Å². The number of ether oxygens (including phenoxy) is 1. The van der Waals surface area contributed by atoms with Crippen LogP contribution < -0.4 is 5.32 Å². The first-order chi connectivity index (χ1) is 7.93. The highest BCUT2D eigenvalue weighted by atomic mass is 16.5.